The van der Waals surface area contributed by atoms with Crippen molar-refractivity contribution in [3.05, 3.63) is 48.9 Å². The third kappa shape index (κ3) is 4.85. The first-order valence-electron chi connectivity index (χ1n) is 10.9. The van der Waals surface area contributed by atoms with Crippen LogP contribution in [0.5, 0.6) is 23.1 Å². The van der Waals surface area contributed by atoms with Gasteiger partial charge in [0.2, 0.25) is 5.88 Å². The molecule has 0 saturated carbocycles. The summed E-state index contributed by atoms with van der Waals surface area (Å²) in [5, 5.41) is 12.2. The summed E-state index contributed by atoms with van der Waals surface area (Å²) in [7, 11) is 1.57. The molecule has 1 atom stereocenters. The van der Waals surface area contributed by atoms with E-state index in [4.69, 9.17) is 18.9 Å². The molecule has 0 radical (unpaired) electrons. The fraction of sp³-hybridized carbons (Fsp3) is 0.333. The number of aliphatic hydroxyl groups excluding tert-OH is 1. The Bertz CT molecular complexity index is 1240. The normalized spacial score (nSPS) is 15.6. The molecule has 0 unspecified atom stereocenters. The number of morpholine rings is 1. The molecule has 9 nitrogen and oxygen atoms in total. The lowest BCUT2D eigenvalue weighted by atomic mass is 10.2. The van der Waals surface area contributed by atoms with Crippen LogP contribution in [0, 0.1) is 0 Å². The van der Waals surface area contributed by atoms with Gasteiger partial charge in [0, 0.05) is 42.8 Å². The molecule has 0 spiro atoms. The van der Waals surface area contributed by atoms with Gasteiger partial charge in [-0.15, -0.1) is 0 Å². The van der Waals surface area contributed by atoms with Crippen LogP contribution in [0.25, 0.3) is 21.8 Å². The number of benzene rings is 2. The number of H-pyrrole nitrogens is 1. The molecule has 3 heterocycles. The molecule has 0 aliphatic carbocycles. The van der Waals surface area contributed by atoms with Crippen molar-refractivity contribution in [3.8, 4) is 23.1 Å². The highest BCUT2D eigenvalue weighted by Gasteiger charge is 2.18. The fourth-order valence-corrected chi connectivity index (χ4v) is 3.92. The Morgan fingerprint density at radius 1 is 1.12 bits per heavy atom. The highest BCUT2D eigenvalue weighted by molar-refractivity contribution is 5.87. The number of hydrogen-bond donors (Lipinski definition) is 2. The molecule has 0 bridgehead atoms. The predicted octanol–water partition coefficient (Wildman–Crippen LogP) is 2.98. The van der Waals surface area contributed by atoms with Crippen molar-refractivity contribution in [1.82, 2.24) is 19.9 Å². The number of methoxy groups -OCH3 is 1. The molecule has 1 aliphatic rings. The first-order chi connectivity index (χ1) is 16.2. The van der Waals surface area contributed by atoms with E-state index in [1.54, 1.807) is 19.2 Å². The maximum Gasteiger partial charge on any atom is 0.230 e. The van der Waals surface area contributed by atoms with Crippen molar-refractivity contribution in [2.75, 3.05) is 46.6 Å². The zero-order valence-corrected chi connectivity index (χ0v) is 18.4. The molecule has 9 heteroatoms. The summed E-state index contributed by atoms with van der Waals surface area (Å²) in [6.07, 6.45) is 2.71. The molecule has 33 heavy (non-hydrogen) atoms. The number of rotatable bonds is 8. The second-order valence-corrected chi connectivity index (χ2v) is 7.91. The predicted molar refractivity (Wildman–Crippen MR) is 123 cm³/mol. The lowest BCUT2D eigenvalue weighted by molar-refractivity contribution is 0.00446. The molecule has 1 fully saturated rings. The molecule has 1 saturated heterocycles. The van der Waals surface area contributed by atoms with Crippen molar-refractivity contribution in [1.29, 1.82) is 0 Å². The minimum absolute atomic E-state index is 0.143. The lowest BCUT2D eigenvalue weighted by Gasteiger charge is -2.28. The van der Waals surface area contributed by atoms with Gasteiger partial charge < -0.3 is 29.0 Å². The quantitative estimate of drug-likeness (QED) is 0.423. The Morgan fingerprint density at radius 2 is 2.00 bits per heavy atom. The average molecular weight is 450 g/mol. The zero-order valence-electron chi connectivity index (χ0n) is 18.4. The van der Waals surface area contributed by atoms with Gasteiger partial charge in [0.15, 0.2) is 11.5 Å². The van der Waals surface area contributed by atoms with Gasteiger partial charge in [-0.25, -0.2) is 9.97 Å². The van der Waals surface area contributed by atoms with E-state index in [1.165, 1.54) is 6.33 Å². The van der Waals surface area contributed by atoms with Gasteiger partial charge in [0.25, 0.3) is 0 Å². The van der Waals surface area contributed by atoms with Crippen LogP contribution in [0.1, 0.15) is 0 Å². The number of aliphatic hydroxyl groups is 1. The number of aromatic nitrogens is 3. The smallest absolute Gasteiger partial charge is 0.230 e. The van der Waals surface area contributed by atoms with Crippen molar-refractivity contribution in [2.24, 2.45) is 0 Å². The molecule has 2 N–H and O–H groups in total. The summed E-state index contributed by atoms with van der Waals surface area (Å²) in [6.45, 7) is 3.68. The van der Waals surface area contributed by atoms with Crippen LogP contribution in [-0.4, -0.2) is 77.6 Å². The monoisotopic (exact) mass is 450 g/mol. The number of ether oxygens (including phenoxy) is 4. The Kier molecular flexibility index (Phi) is 6.25. The van der Waals surface area contributed by atoms with Crippen LogP contribution in [0.2, 0.25) is 0 Å². The topological polar surface area (TPSA) is 102 Å². The van der Waals surface area contributed by atoms with E-state index in [1.807, 2.05) is 30.5 Å². The van der Waals surface area contributed by atoms with Crippen LogP contribution in [0.15, 0.2) is 48.9 Å². The summed E-state index contributed by atoms with van der Waals surface area (Å²) in [4.78, 5) is 14.0. The van der Waals surface area contributed by atoms with Crippen LogP contribution in [-0.2, 0) is 4.74 Å². The number of nitrogens with one attached hydrogen (secondary N) is 1. The number of aromatic amines is 1. The van der Waals surface area contributed by atoms with Gasteiger partial charge in [-0.05, 0) is 30.3 Å². The SMILES string of the molecule is COc1cc2c(Oc3ccc4[nH]ccc4c3)ncnc2cc1OC[C@H](O)CN1CCOCC1. The lowest BCUT2D eigenvalue weighted by Crippen LogP contribution is -2.42. The van der Waals surface area contributed by atoms with Gasteiger partial charge in [-0.1, -0.05) is 0 Å². The van der Waals surface area contributed by atoms with E-state index in [-0.39, 0.29) is 6.61 Å². The molecular weight excluding hydrogens is 424 g/mol. The van der Waals surface area contributed by atoms with Crippen LogP contribution in [0.3, 0.4) is 0 Å². The minimum atomic E-state index is -0.629. The zero-order chi connectivity index (χ0) is 22.6. The molecule has 2 aromatic heterocycles. The Labute approximate surface area is 190 Å². The van der Waals surface area contributed by atoms with E-state index >= 15 is 0 Å². The minimum Gasteiger partial charge on any atom is -0.493 e. The largest absolute Gasteiger partial charge is 0.493 e. The summed E-state index contributed by atoms with van der Waals surface area (Å²) in [5.41, 5.74) is 1.69. The summed E-state index contributed by atoms with van der Waals surface area (Å²) < 4.78 is 22.9. The van der Waals surface area contributed by atoms with Gasteiger partial charge >= 0.3 is 0 Å². The summed E-state index contributed by atoms with van der Waals surface area (Å²) in [5.74, 6) is 2.12. The molecule has 1 aliphatic heterocycles. The first-order valence-corrected chi connectivity index (χ1v) is 10.9. The maximum atomic E-state index is 10.4. The second-order valence-electron chi connectivity index (χ2n) is 7.91. The third-order valence-electron chi connectivity index (χ3n) is 5.63. The Morgan fingerprint density at radius 3 is 2.85 bits per heavy atom. The molecule has 4 aromatic rings. The second kappa shape index (κ2) is 9.62. The fourth-order valence-electron chi connectivity index (χ4n) is 3.92. The van der Waals surface area contributed by atoms with E-state index in [0.29, 0.717) is 53.8 Å². The van der Waals surface area contributed by atoms with Crippen molar-refractivity contribution in [3.63, 3.8) is 0 Å². The number of hydrogen-bond acceptors (Lipinski definition) is 8. The molecule has 172 valence electrons. The van der Waals surface area contributed by atoms with Crippen LogP contribution >= 0.6 is 0 Å². The van der Waals surface area contributed by atoms with E-state index in [2.05, 4.69) is 19.9 Å². The standard InChI is InChI=1S/C24H26N4O5/c1-30-22-11-19-21(12-23(22)32-14-17(29)13-28-6-8-31-9-7-28)26-15-27-24(19)33-18-2-3-20-16(10-18)4-5-25-20/h2-5,10-12,15,17,25,29H,6-9,13-14H2,1H3/t17-/m1/s1. The first kappa shape index (κ1) is 21.4. The highest BCUT2D eigenvalue weighted by atomic mass is 16.5. The Hall–Kier alpha value is -3.40. The van der Waals surface area contributed by atoms with Gasteiger partial charge in [-0.3, -0.25) is 4.90 Å². The van der Waals surface area contributed by atoms with Gasteiger partial charge in [0.05, 0.1) is 31.2 Å². The molecular formula is C24H26N4O5. The van der Waals surface area contributed by atoms with Gasteiger partial charge in [0.1, 0.15) is 24.8 Å². The summed E-state index contributed by atoms with van der Waals surface area (Å²) in [6, 6.07) is 11.4. The van der Waals surface area contributed by atoms with E-state index in [0.717, 1.165) is 24.0 Å². The molecule has 2 aromatic carbocycles. The van der Waals surface area contributed by atoms with Crippen LogP contribution in [0.4, 0.5) is 0 Å². The molecule has 0 amide bonds. The van der Waals surface area contributed by atoms with Crippen LogP contribution < -0.4 is 14.2 Å². The average Bonchev–Trinajstić information content (AvgIpc) is 3.31. The number of nitrogens with zero attached hydrogens (tertiary/aromatic N) is 3. The van der Waals surface area contributed by atoms with Crippen molar-refractivity contribution in [2.45, 2.75) is 6.10 Å². The van der Waals surface area contributed by atoms with Crippen molar-refractivity contribution < 1.29 is 24.1 Å². The van der Waals surface area contributed by atoms with E-state index in [9.17, 15) is 5.11 Å². The van der Waals surface area contributed by atoms with Crippen molar-refractivity contribution >= 4 is 21.8 Å². The van der Waals surface area contributed by atoms with Gasteiger partial charge in [-0.2, -0.15) is 0 Å². The Balaban J connectivity index is 1.34. The molecule has 5 rings (SSSR count). The summed E-state index contributed by atoms with van der Waals surface area (Å²) >= 11 is 0. The van der Waals surface area contributed by atoms with E-state index < -0.39 is 6.10 Å². The number of fused-ring (bicyclic) bond motifs is 2. The third-order valence-corrected chi connectivity index (χ3v) is 5.63. The maximum absolute atomic E-state index is 10.4. The highest BCUT2D eigenvalue weighted by Crippen LogP contribution is 2.36. The number of β-amino-alcohol motifs (C(OH)–C–C–N with tert-alkyl or cyclic N) is 1.